The van der Waals surface area contributed by atoms with E-state index in [0.717, 1.165) is 12.1 Å². The molecule has 2 atom stereocenters. The Bertz CT molecular complexity index is 365. The summed E-state index contributed by atoms with van der Waals surface area (Å²) in [6.45, 7) is 6.62. The number of hydrogen-bond acceptors (Lipinski definition) is 2. The van der Waals surface area contributed by atoms with Crippen LogP contribution in [0.4, 0.5) is 0 Å². The van der Waals surface area contributed by atoms with E-state index in [1.807, 2.05) is 18.7 Å². The van der Waals surface area contributed by atoms with Crippen molar-refractivity contribution in [1.82, 2.24) is 9.78 Å². The van der Waals surface area contributed by atoms with Crippen LogP contribution >= 0.6 is 0 Å². The molecular formula is C12H21N3. The molecule has 3 heteroatoms. The molecule has 1 aliphatic carbocycles. The van der Waals surface area contributed by atoms with Gasteiger partial charge in [-0.2, -0.15) is 5.10 Å². The van der Waals surface area contributed by atoms with Crippen molar-refractivity contribution in [3.63, 3.8) is 0 Å². The fourth-order valence-corrected chi connectivity index (χ4v) is 2.48. The first-order valence-electron chi connectivity index (χ1n) is 5.65. The zero-order valence-electron chi connectivity index (χ0n) is 10.1. The molecule has 0 radical (unpaired) electrons. The highest BCUT2D eigenvalue weighted by molar-refractivity contribution is 5.12. The quantitative estimate of drug-likeness (QED) is 0.819. The standard InChI is InChI=1S/C12H21N3/c1-8-5-9(15(4)14-8)6-11(13)10-7-12(10,2)3/h5,10-11H,6-7,13H2,1-4H3. The molecule has 2 unspecified atom stereocenters. The van der Waals surface area contributed by atoms with Crippen LogP contribution in [0.2, 0.25) is 0 Å². The fraction of sp³-hybridized carbons (Fsp3) is 0.750. The van der Waals surface area contributed by atoms with Crippen LogP contribution in [0.3, 0.4) is 0 Å². The third-order valence-corrected chi connectivity index (χ3v) is 3.65. The Labute approximate surface area is 91.7 Å². The molecule has 1 aromatic heterocycles. The van der Waals surface area contributed by atoms with Crippen molar-refractivity contribution in [2.45, 2.75) is 39.7 Å². The Morgan fingerprint density at radius 3 is 2.67 bits per heavy atom. The third kappa shape index (κ3) is 2.07. The lowest BCUT2D eigenvalue weighted by Gasteiger charge is -2.13. The predicted octanol–water partition coefficient (Wildman–Crippen LogP) is 1.64. The van der Waals surface area contributed by atoms with Gasteiger partial charge in [0.25, 0.3) is 0 Å². The smallest absolute Gasteiger partial charge is 0.0596 e. The second-order valence-corrected chi connectivity index (χ2v) is 5.57. The molecule has 0 saturated heterocycles. The lowest BCUT2D eigenvalue weighted by atomic mass is 10.0. The van der Waals surface area contributed by atoms with E-state index in [1.54, 1.807) is 0 Å². The lowest BCUT2D eigenvalue weighted by Crippen LogP contribution is -2.28. The maximum absolute atomic E-state index is 6.22. The number of aryl methyl sites for hydroxylation is 2. The Morgan fingerprint density at radius 1 is 1.67 bits per heavy atom. The molecule has 15 heavy (non-hydrogen) atoms. The Hall–Kier alpha value is -0.830. The average Bonchev–Trinajstić information content (AvgIpc) is 2.62. The van der Waals surface area contributed by atoms with E-state index in [2.05, 4.69) is 25.0 Å². The van der Waals surface area contributed by atoms with Gasteiger partial charge >= 0.3 is 0 Å². The number of nitrogens with zero attached hydrogens (tertiary/aromatic N) is 2. The Morgan fingerprint density at radius 2 is 2.27 bits per heavy atom. The summed E-state index contributed by atoms with van der Waals surface area (Å²) in [5.41, 5.74) is 9.02. The van der Waals surface area contributed by atoms with Crippen molar-refractivity contribution in [1.29, 1.82) is 0 Å². The molecule has 0 spiro atoms. The molecule has 1 aromatic rings. The molecule has 2 rings (SSSR count). The van der Waals surface area contributed by atoms with E-state index in [1.165, 1.54) is 12.1 Å². The summed E-state index contributed by atoms with van der Waals surface area (Å²) in [6.07, 6.45) is 2.22. The number of rotatable bonds is 3. The molecule has 1 aliphatic rings. The maximum atomic E-state index is 6.22. The van der Waals surface area contributed by atoms with E-state index in [9.17, 15) is 0 Å². The maximum Gasteiger partial charge on any atom is 0.0596 e. The summed E-state index contributed by atoms with van der Waals surface area (Å²) in [7, 11) is 1.99. The van der Waals surface area contributed by atoms with Gasteiger partial charge in [0.15, 0.2) is 0 Å². The fourth-order valence-electron chi connectivity index (χ4n) is 2.48. The topological polar surface area (TPSA) is 43.8 Å². The van der Waals surface area contributed by atoms with Crippen LogP contribution < -0.4 is 5.73 Å². The minimum absolute atomic E-state index is 0.287. The van der Waals surface area contributed by atoms with Crippen LogP contribution in [0.1, 0.15) is 31.7 Å². The molecule has 1 heterocycles. The van der Waals surface area contributed by atoms with Gasteiger partial charge in [0, 0.05) is 25.2 Å². The van der Waals surface area contributed by atoms with Crippen molar-refractivity contribution in [3.05, 3.63) is 17.5 Å². The largest absolute Gasteiger partial charge is 0.327 e. The summed E-state index contributed by atoms with van der Waals surface area (Å²) in [5, 5.41) is 4.34. The summed E-state index contributed by atoms with van der Waals surface area (Å²) in [5.74, 6) is 0.688. The van der Waals surface area contributed by atoms with Gasteiger partial charge in [-0.25, -0.2) is 0 Å². The molecule has 0 amide bonds. The highest BCUT2D eigenvalue weighted by Gasteiger charge is 2.48. The van der Waals surface area contributed by atoms with Crippen LogP contribution in [0.5, 0.6) is 0 Å². The van der Waals surface area contributed by atoms with Crippen LogP contribution in [-0.2, 0) is 13.5 Å². The van der Waals surface area contributed by atoms with Crippen molar-refractivity contribution in [2.75, 3.05) is 0 Å². The first kappa shape index (κ1) is 10.7. The summed E-state index contributed by atoms with van der Waals surface area (Å²) >= 11 is 0. The zero-order chi connectivity index (χ0) is 11.2. The first-order chi connectivity index (χ1) is 6.90. The predicted molar refractivity (Wildman–Crippen MR) is 61.5 cm³/mol. The summed E-state index contributed by atoms with van der Waals surface area (Å²) < 4.78 is 1.95. The van der Waals surface area contributed by atoms with Crippen molar-refractivity contribution >= 4 is 0 Å². The third-order valence-electron chi connectivity index (χ3n) is 3.65. The molecule has 0 aromatic carbocycles. The zero-order valence-corrected chi connectivity index (χ0v) is 10.1. The SMILES string of the molecule is Cc1cc(CC(N)C2CC2(C)C)n(C)n1. The molecule has 1 fully saturated rings. The Balaban J connectivity index is 2.00. The van der Waals surface area contributed by atoms with Gasteiger partial charge < -0.3 is 5.73 Å². The van der Waals surface area contributed by atoms with Gasteiger partial charge in [0.05, 0.1) is 5.69 Å². The Kier molecular flexibility index (Phi) is 2.38. The molecule has 2 N–H and O–H groups in total. The number of hydrogen-bond donors (Lipinski definition) is 1. The minimum atomic E-state index is 0.287. The van der Waals surface area contributed by atoms with E-state index >= 15 is 0 Å². The van der Waals surface area contributed by atoms with Crippen LogP contribution in [-0.4, -0.2) is 15.8 Å². The second-order valence-electron chi connectivity index (χ2n) is 5.57. The molecule has 0 aliphatic heterocycles. The van der Waals surface area contributed by atoms with E-state index in [0.29, 0.717) is 11.3 Å². The van der Waals surface area contributed by atoms with E-state index in [4.69, 9.17) is 5.73 Å². The first-order valence-corrected chi connectivity index (χ1v) is 5.65. The summed E-state index contributed by atoms with van der Waals surface area (Å²) in [6, 6.07) is 2.42. The van der Waals surface area contributed by atoms with E-state index in [-0.39, 0.29) is 6.04 Å². The molecular weight excluding hydrogens is 186 g/mol. The highest BCUT2D eigenvalue weighted by Crippen LogP contribution is 2.53. The second kappa shape index (κ2) is 3.34. The van der Waals surface area contributed by atoms with Crippen LogP contribution in [0.15, 0.2) is 6.07 Å². The molecule has 3 nitrogen and oxygen atoms in total. The highest BCUT2D eigenvalue weighted by atomic mass is 15.3. The van der Waals surface area contributed by atoms with Crippen molar-refractivity contribution in [3.8, 4) is 0 Å². The molecule has 84 valence electrons. The number of nitrogens with two attached hydrogens (primary N) is 1. The average molecular weight is 207 g/mol. The van der Waals surface area contributed by atoms with Gasteiger partial charge in [-0.05, 0) is 30.7 Å². The van der Waals surface area contributed by atoms with Crippen LogP contribution in [0.25, 0.3) is 0 Å². The molecule has 0 bridgehead atoms. The van der Waals surface area contributed by atoms with Gasteiger partial charge in [0.1, 0.15) is 0 Å². The normalized spacial score (nSPS) is 25.3. The monoisotopic (exact) mass is 207 g/mol. The van der Waals surface area contributed by atoms with Crippen LogP contribution in [0, 0.1) is 18.3 Å². The van der Waals surface area contributed by atoms with Crippen molar-refractivity contribution in [2.24, 2.45) is 24.1 Å². The van der Waals surface area contributed by atoms with Crippen molar-refractivity contribution < 1.29 is 0 Å². The van der Waals surface area contributed by atoms with Gasteiger partial charge in [-0.15, -0.1) is 0 Å². The minimum Gasteiger partial charge on any atom is -0.327 e. The molecule has 1 saturated carbocycles. The number of aromatic nitrogens is 2. The van der Waals surface area contributed by atoms with Gasteiger partial charge in [0.2, 0.25) is 0 Å². The van der Waals surface area contributed by atoms with Gasteiger partial charge in [-0.1, -0.05) is 13.8 Å². The van der Waals surface area contributed by atoms with E-state index < -0.39 is 0 Å². The van der Waals surface area contributed by atoms with Gasteiger partial charge in [-0.3, -0.25) is 4.68 Å². The lowest BCUT2D eigenvalue weighted by molar-refractivity contribution is 0.467. The summed E-state index contributed by atoms with van der Waals surface area (Å²) in [4.78, 5) is 0.